The van der Waals surface area contributed by atoms with Crippen LogP contribution in [0, 0.1) is 0 Å². The number of aromatic nitrogens is 1. The SMILES string of the molecule is CN=C(NCCCOC1CCOC1)NCc1cc(N(C)C)nc2ccccc12. The van der Waals surface area contributed by atoms with Crippen molar-refractivity contribution < 1.29 is 9.47 Å². The van der Waals surface area contributed by atoms with Gasteiger partial charge in [0.05, 0.1) is 18.2 Å². The monoisotopic (exact) mass is 385 g/mol. The Bertz CT molecular complexity index is 787. The van der Waals surface area contributed by atoms with Gasteiger partial charge in [-0.1, -0.05) is 18.2 Å². The number of fused-ring (bicyclic) bond motifs is 1. The second kappa shape index (κ2) is 10.2. The fourth-order valence-corrected chi connectivity index (χ4v) is 3.18. The van der Waals surface area contributed by atoms with Crippen LogP contribution in [0.4, 0.5) is 5.82 Å². The Kier molecular flexibility index (Phi) is 7.45. The van der Waals surface area contributed by atoms with Gasteiger partial charge in [-0.2, -0.15) is 0 Å². The lowest BCUT2D eigenvalue weighted by Gasteiger charge is -2.17. The van der Waals surface area contributed by atoms with Crippen LogP contribution in [0.5, 0.6) is 0 Å². The normalized spacial score (nSPS) is 17.1. The van der Waals surface area contributed by atoms with E-state index < -0.39 is 0 Å². The predicted molar refractivity (Wildman–Crippen MR) is 114 cm³/mol. The van der Waals surface area contributed by atoms with Gasteiger partial charge >= 0.3 is 0 Å². The van der Waals surface area contributed by atoms with Crippen LogP contribution in [0.15, 0.2) is 35.3 Å². The topological polar surface area (TPSA) is 71.0 Å². The van der Waals surface area contributed by atoms with E-state index in [1.165, 1.54) is 5.56 Å². The summed E-state index contributed by atoms with van der Waals surface area (Å²) in [6, 6.07) is 10.4. The molecule has 0 saturated carbocycles. The molecule has 28 heavy (non-hydrogen) atoms. The van der Waals surface area contributed by atoms with E-state index in [9.17, 15) is 0 Å². The van der Waals surface area contributed by atoms with Crippen molar-refractivity contribution in [3.63, 3.8) is 0 Å². The Morgan fingerprint density at radius 1 is 1.32 bits per heavy atom. The Balaban J connectivity index is 1.51. The first-order valence-electron chi connectivity index (χ1n) is 9.87. The second-order valence-electron chi connectivity index (χ2n) is 7.11. The first-order chi connectivity index (χ1) is 13.7. The predicted octanol–water partition coefficient (Wildman–Crippen LogP) is 2.16. The molecule has 1 aromatic carbocycles. The number of aliphatic imine (C=N–C) groups is 1. The van der Waals surface area contributed by atoms with Crippen molar-refractivity contribution in [2.24, 2.45) is 4.99 Å². The van der Waals surface area contributed by atoms with Gasteiger partial charge in [0, 0.05) is 52.8 Å². The standard InChI is InChI=1S/C21H31N5O2/c1-22-21(23-10-6-11-28-17-9-12-27-15-17)24-14-16-13-20(26(2)3)25-19-8-5-4-7-18(16)19/h4-5,7-8,13,17H,6,9-12,14-15H2,1-3H3,(H2,22,23,24). The molecule has 1 aliphatic heterocycles. The van der Waals surface area contributed by atoms with E-state index in [0.717, 1.165) is 61.9 Å². The van der Waals surface area contributed by atoms with Crippen molar-refractivity contribution in [2.45, 2.75) is 25.5 Å². The number of benzene rings is 1. The van der Waals surface area contributed by atoms with Gasteiger partial charge in [0.1, 0.15) is 5.82 Å². The highest BCUT2D eigenvalue weighted by Gasteiger charge is 2.15. The number of nitrogens with zero attached hydrogens (tertiary/aromatic N) is 3. The average molecular weight is 386 g/mol. The summed E-state index contributed by atoms with van der Waals surface area (Å²) >= 11 is 0. The number of rotatable bonds is 8. The number of guanidine groups is 1. The van der Waals surface area contributed by atoms with E-state index in [1.54, 1.807) is 7.05 Å². The summed E-state index contributed by atoms with van der Waals surface area (Å²) in [6.07, 6.45) is 2.20. The quantitative estimate of drug-likeness (QED) is 0.412. The maximum Gasteiger partial charge on any atom is 0.191 e. The van der Waals surface area contributed by atoms with Crippen molar-refractivity contribution in [1.29, 1.82) is 0 Å². The summed E-state index contributed by atoms with van der Waals surface area (Å²) in [5, 5.41) is 7.92. The molecule has 0 bridgehead atoms. The first-order valence-corrected chi connectivity index (χ1v) is 9.87. The van der Waals surface area contributed by atoms with Crippen LogP contribution in [0.25, 0.3) is 10.9 Å². The molecule has 2 N–H and O–H groups in total. The third-order valence-corrected chi connectivity index (χ3v) is 4.77. The van der Waals surface area contributed by atoms with E-state index in [0.29, 0.717) is 6.54 Å². The zero-order chi connectivity index (χ0) is 19.8. The largest absolute Gasteiger partial charge is 0.379 e. The third kappa shape index (κ3) is 5.56. The third-order valence-electron chi connectivity index (χ3n) is 4.77. The van der Waals surface area contributed by atoms with Crippen molar-refractivity contribution in [2.75, 3.05) is 52.4 Å². The summed E-state index contributed by atoms with van der Waals surface area (Å²) < 4.78 is 11.1. The van der Waals surface area contributed by atoms with Crippen LogP contribution < -0.4 is 15.5 Å². The lowest BCUT2D eigenvalue weighted by atomic mass is 10.1. The van der Waals surface area contributed by atoms with Crippen LogP contribution in [-0.4, -0.2) is 64.6 Å². The number of hydrogen-bond acceptors (Lipinski definition) is 5. The lowest BCUT2D eigenvalue weighted by molar-refractivity contribution is 0.0420. The van der Waals surface area contributed by atoms with Crippen molar-refractivity contribution in [3.05, 3.63) is 35.9 Å². The Morgan fingerprint density at radius 2 is 2.18 bits per heavy atom. The molecule has 0 radical (unpaired) electrons. The van der Waals surface area contributed by atoms with Gasteiger partial charge in [0.15, 0.2) is 5.96 Å². The molecule has 1 saturated heterocycles. The molecule has 1 aromatic heterocycles. The number of hydrogen-bond donors (Lipinski definition) is 2. The van der Waals surface area contributed by atoms with Gasteiger partial charge in [-0.25, -0.2) is 4.98 Å². The molecule has 2 heterocycles. The number of ether oxygens (including phenoxy) is 2. The van der Waals surface area contributed by atoms with Crippen LogP contribution >= 0.6 is 0 Å². The van der Waals surface area contributed by atoms with Crippen molar-refractivity contribution in [3.8, 4) is 0 Å². The molecular formula is C21H31N5O2. The van der Waals surface area contributed by atoms with Gasteiger partial charge in [-0.3, -0.25) is 4.99 Å². The van der Waals surface area contributed by atoms with Crippen LogP contribution in [0.2, 0.25) is 0 Å². The maximum atomic E-state index is 5.79. The summed E-state index contributed by atoms with van der Waals surface area (Å²) in [7, 11) is 5.81. The minimum absolute atomic E-state index is 0.267. The van der Waals surface area contributed by atoms with Gasteiger partial charge in [-0.15, -0.1) is 0 Å². The molecule has 7 nitrogen and oxygen atoms in total. The number of anilines is 1. The minimum atomic E-state index is 0.267. The molecule has 1 unspecified atom stereocenters. The molecule has 3 rings (SSSR count). The summed E-state index contributed by atoms with van der Waals surface area (Å²) in [4.78, 5) is 11.1. The van der Waals surface area contributed by atoms with E-state index in [1.807, 2.05) is 37.2 Å². The lowest BCUT2D eigenvalue weighted by Crippen LogP contribution is -2.37. The van der Waals surface area contributed by atoms with Gasteiger partial charge in [0.25, 0.3) is 0 Å². The van der Waals surface area contributed by atoms with E-state index >= 15 is 0 Å². The Labute approximate surface area is 167 Å². The summed E-state index contributed by atoms with van der Waals surface area (Å²) in [5.41, 5.74) is 2.20. The number of nitrogens with one attached hydrogen (secondary N) is 2. The molecule has 2 aromatic rings. The van der Waals surface area contributed by atoms with Gasteiger partial charge in [0.2, 0.25) is 0 Å². The maximum absolute atomic E-state index is 5.79. The van der Waals surface area contributed by atoms with E-state index in [-0.39, 0.29) is 6.10 Å². The smallest absolute Gasteiger partial charge is 0.191 e. The molecule has 0 spiro atoms. The summed E-state index contributed by atoms with van der Waals surface area (Å²) in [6.45, 7) is 3.77. The minimum Gasteiger partial charge on any atom is -0.379 e. The zero-order valence-corrected chi connectivity index (χ0v) is 17.1. The molecule has 152 valence electrons. The van der Waals surface area contributed by atoms with Crippen LogP contribution in [0.3, 0.4) is 0 Å². The molecule has 0 aliphatic carbocycles. The molecular weight excluding hydrogens is 354 g/mol. The first kappa shape index (κ1) is 20.4. The van der Waals surface area contributed by atoms with Crippen molar-refractivity contribution >= 4 is 22.7 Å². The molecule has 1 atom stereocenters. The van der Waals surface area contributed by atoms with Crippen molar-refractivity contribution in [1.82, 2.24) is 15.6 Å². The number of para-hydroxylation sites is 1. The number of pyridine rings is 1. The zero-order valence-electron chi connectivity index (χ0n) is 17.1. The highest BCUT2D eigenvalue weighted by molar-refractivity contribution is 5.85. The van der Waals surface area contributed by atoms with Gasteiger partial charge < -0.3 is 25.0 Å². The molecule has 1 aliphatic rings. The highest BCUT2D eigenvalue weighted by Crippen LogP contribution is 2.21. The fourth-order valence-electron chi connectivity index (χ4n) is 3.18. The molecule has 1 fully saturated rings. The highest BCUT2D eigenvalue weighted by atomic mass is 16.5. The molecule has 7 heteroatoms. The Hall–Kier alpha value is -2.38. The molecule has 0 amide bonds. The van der Waals surface area contributed by atoms with Crippen LogP contribution in [-0.2, 0) is 16.0 Å². The second-order valence-corrected chi connectivity index (χ2v) is 7.11. The van der Waals surface area contributed by atoms with Gasteiger partial charge in [-0.05, 0) is 30.5 Å². The average Bonchev–Trinajstić information content (AvgIpc) is 3.23. The summed E-state index contributed by atoms with van der Waals surface area (Å²) in [5.74, 6) is 1.74. The van der Waals surface area contributed by atoms with E-state index in [4.69, 9.17) is 14.5 Å². The fraction of sp³-hybridized carbons (Fsp3) is 0.524. The Morgan fingerprint density at radius 3 is 2.93 bits per heavy atom. The van der Waals surface area contributed by atoms with E-state index in [2.05, 4.69) is 27.8 Å². The van der Waals surface area contributed by atoms with Crippen LogP contribution in [0.1, 0.15) is 18.4 Å².